The van der Waals surface area contributed by atoms with Crippen molar-refractivity contribution in [1.29, 1.82) is 0 Å². The van der Waals surface area contributed by atoms with Gasteiger partial charge in [-0.25, -0.2) is 0 Å². The Morgan fingerprint density at radius 3 is 0.986 bits per heavy atom. The van der Waals surface area contributed by atoms with Gasteiger partial charge in [0.05, 0.1) is 67.6 Å². The first-order chi connectivity index (χ1) is 64.1. The van der Waals surface area contributed by atoms with Gasteiger partial charge in [0.25, 0.3) is 0 Å². The normalized spacial score (nSPS) is 14.1. The average molecular weight is 1950 g/mol. The molecule has 0 radical (unpaired) electrons. The fourth-order valence-electron chi connectivity index (χ4n) is 13.9. The molecule has 10 amide bonds. The number of benzene rings is 4. The molecule has 0 bridgehead atoms. The number of hydrogen-bond donors (Lipinski definition) is 23. The second-order valence-corrected chi connectivity index (χ2v) is 39.7. The molecule has 1 saturated carbocycles. The van der Waals surface area contributed by atoms with Crippen LogP contribution in [-0.4, -0.2) is 216 Å². The van der Waals surface area contributed by atoms with Crippen LogP contribution in [0.3, 0.4) is 0 Å². The number of rotatable bonds is 52. The smallest absolute Gasteiger partial charge is 0.303 e. The van der Waals surface area contributed by atoms with E-state index in [4.69, 9.17) is 78.0 Å². The van der Waals surface area contributed by atoms with Gasteiger partial charge in [-0.2, -0.15) is 0 Å². The van der Waals surface area contributed by atoms with Gasteiger partial charge in [-0.15, -0.1) is 0 Å². The summed E-state index contributed by atoms with van der Waals surface area (Å²) in [5.74, 6) is -2.75. The van der Waals surface area contributed by atoms with Crippen molar-refractivity contribution in [3.63, 3.8) is 0 Å². The van der Waals surface area contributed by atoms with Crippen LogP contribution in [0.15, 0.2) is 103 Å². The number of carbonyl (C=O) groups is 11. The number of aliphatic hydroxyl groups excluding tert-OH is 1. The van der Waals surface area contributed by atoms with Gasteiger partial charge in [-0.05, 0) is 109 Å². The van der Waals surface area contributed by atoms with Crippen molar-refractivity contribution in [2.24, 2.45) is 86.2 Å². The Bertz CT molecular complexity index is 3870. The number of amides is 10. The number of fused-ring (bicyclic) bond motifs is 1. The molecule has 0 spiro atoms. The Morgan fingerprint density at radius 2 is 0.674 bits per heavy atom. The number of unbranched alkanes of at least 4 members (excludes halogenated alkanes) is 1. The van der Waals surface area contributed by atoms with E-state index in [1.54, 1.807) is 0 Å². The number of carboxylic acids is 1. The minimum Gasteiger partial charge on any atom is -0.481 e. The number of aliphatic carboxylic acids is 1. The third kappa shape index (κ3) is 77.6. The van der Waals surface area contributed by atoms with E-state index in [9.17, 15) is 52.7 Å². The van der Waals surface area contributed by atoms with Crippen LogP contribution in [0.4, 0.5) is 0 Å². The summed E-state index contributed by atoms with van der Waals surface area (Å²) in [5, 5.41) is 50.4. The van der Waals surface area contributed by atoms with Gasteiger partial charge in [-0.3, -0.25) is 52.7 Å². The molecule has 1 aliphatic rings. The SMILES string of the molecule is CC(C)N[C@@H](C(N)=O)C(C)C.CC(C)N[C@@H](CC1CCCCC1)C(N)=O.CC(C)N[C@@H](CCCC(=O)O)C(N)=O.CC(C)N[C@@H](CCCCN)C(N)=O.CC(C)N[C@@H](CCO)C(N)=O.CC(C)N[C@@H](COCc1ccccc1)C(N)=O.CC(C)N[C@@H](Cc1ccc2ccccc2c1)C(N)=O.CC(C)N[C@H](C(N)=O)C(C)(C)C.CC(C)N[C@H](C(N)=O)C(C)C.CC(C)N[C@H](Cc1ccccc1)C(N)=O. The molecule has 35 heteroatoms. The molecule has 5 rings (SSSR count). The van der Waals surface area contributed by atoms with E-state index in [1.807, 2.05) is 246 Å². The topological polar surface area (TPSA) is 644 Å². The van der Waals surface area contributed by atoms with Gasteiger partial charge < -0.3 is 131 Å². The molecule has 0 heterocycles. The van der Waals surface area contributed by atoms with Gasteiger partial charge in [0.15, 0.2) is 0 Å². The maximum atomic E-state index is 11.5. The standard InChI is InChI=1S/C16H20N2O.C13H20N2O2.C12H24N2O.C12H18N2O.C9H21N3O.C9H18N2O3.C9H20N2O.2C8H18N2O.C7H16N2O2/c1-11(2)18-15(16(17)19)10-12-7-8-13-5-3-4-6-14(13)9-12;1-10(2)15-12(13(14)16)9-17-8-11-6-4-3-5-7-11;2*1-9(2)14-11(12(13)15)8-10-6-4-3-5-7-10;1-7(2)12-8(9(11)13)5-3-4-6-10;1-6(2)11-7(9(10)14)4-3-5-8(12)13;1-6(2)11-7(8(10)12)9(3,4)5;2*1-5(2)7(8(9)11)10-6(3)4;1-5(2)9-6(3-4-10)7(8)11/h3-9,11,15,18H,10H2,1-2H3,(H2,17,19);3-7,10,12,15H,8-9H2,1-2H3,(H2,14,16);9-11,14H,3-8H2,1-2H3,(H2,13,15);3-7,9,11,14H,8H2,1-2H3,(H2,13,15);7-8,12H,3-6,10H2,1-2H3,(H2,11,13);6-7,11H,3-5H2,1-2H3,(H2,10,14)(H,12,13);6-7,11H,1-5H3,(H2,10,12);2*5-7,10H,1-4H3,(H2,9,11);5-6,9-10H,3-4H2,1-2H3,(H2,8,11)/t15-;12-;2*11-;8-;4*7-;6-/m0001001100/s1. The van der Waals surface area contributed by atoms with E-state index in [0.29, 0.717) is 75.9 Å². The molecule has 794 valence electrons. The zero-order valence-electron chi connectivity index (χ0n) is 89.2. The van der Waals surface area contributed by atoms with Gasteiger partial charge in [-0.1, -0.05) is 329 Å². The fourth-order valence-corrected chi connectivity index (χ4v) is 13.9. The van der Waals surface area contributed by atoms with E-state index in [1.165, 1.54) is 42.9 Å². The molecular formula is C103H193N21O14. The summed E-state index contributed by atoms with van der Waals surface area (Å²) in [7, 11) is 0. The van der Waals surface area contributed by atoms with Gasteiger partial charge >= 0.3 is 5.97 Å². The molecular weight excluding hydrogens is 1760 g/mol. The van der Waals surface area contributed by atoms with Crippen molar-refractivity contribution in [2.75, 3.05) is 19.8 Å². The van der Waals surface area contributed by atoms with Crippen LogP contribution < -0.4 is 116 Å². The van der Waals surface area contributed by atoms with Crippen LogP contribution in [-0.2, 0) is 76.9 Å². The fraction of sp³-hybridized carbons (Fsp3) is 0.680. The van der Waals surface area contributed by atoms with Crippen molar-refractivity contribution in [3.05, 3.63) is 120 Å². The zero-order chi connectivity index (χ0) is 107. The van der Waals surface area contributed by atoms with Crippen LogP contribution >= 0.6 is 0 Å². The number of hydrogen-bond acceptors (Lipinski definition) is 24. The zero-order valence-corrected chi connectivity index (χ0v) is 89.2. The van der Waals surface area contributed by atoms with E-state index in [0.717, 1.165) is 42.4 Å². The number of primary amides is 10. The Balaban J connectivity index is -0.000000477. The van der Waals surface area contributed by atoms with Crippen LogP contribution in [0.2, 0.25) is 0 Å². The number of carboxylic acid groups (broad SMARTS) is 1. The van der Waals surface area contributed by atoms with Crippen LogP contribution in [0.1, 0.15) is 287 Å². The van der Waals surface area contributed by atoms with Crippen molar-refractivity contribution in [3.8, 4) is 0 Å². The molecule has 4 aromatic carbocycles. The number of nitrogens with one attached hydrogen (secondary N) is 10. The van der Waals surface area contributed by atoms with E-state index >= 15 is 0 Å². The summed E-state index contributed by atoms with van der Waals surface area (Å²) < 4.78 is 5.48. The third-order valence-corrected chi connectivity index (χ3v) is 20.2. The van der Waals surface area contributed by atoms with E-state index in [2.05, 4.69) is 97.3 Å². The third-order valence-electron chi connectivity index (χ3n) is 20.2. The van der Waals surface area contributed by atoms with Crippen LogP contribution in [0.5, 0.6) is 0 Å². The maximum Gasteiger partial charge on any atom is 0.303 e. The van der Waals surface area contributed by atoms with Gasteiger partial charge in [0.2, 0.25) is 59.1 Å². The quantitative estimate of drug-likeness (QED) is 0.0192. The largest absolute Gasteiger partial charge is 0.481 e. The molecule has 138 heavy (non-hydrogen) atoms. The summed E-state index contributed by atoms with van der Waals surface area (Å²) in [4.78, 5) is 121. The first-order valence-corrected chi connectivity index (χ1v) is 49.3. The van der Waals surface area contributed by atoms with Gasteiger partial charge in [0.1, 0.15) is 6.04 Å². The lowest BCUT2D eigenvalue weighted by atomic mass is 9.84. The molecule has 0 aliphatic heterocycles. The summed E-state index contributed by atoms with van der Waals surface area (Å²) in [5.41, 5.74) is 61.1. The molecule has 4 aromatic rings. The molecule has 1 aliphatic carbocycles. The Morgan fingerprint density at radius 1 is 0.348 bits per heavy atom. The Hall–Kier alpha value is -9.21. The first kappa shape index (κ1) is 137. The highest BCUT2D eigenvalue weighted by Gasteiger charge is 2.31. The maximum absolute atomic E-state index is 11.5. The highest BCUT2D eigenvalue weighted by atomic mass is 16.5. The van der Waals surface area contributed by atoms with Crippen molar-refractivity contribution in [1.82, 2.24) is 53.2 Å². The first-order valence-electron chi connectivity index (χ1n) is 49.3. The van der Waals surface area contributed by atoms with Gasteiger partial charge in [0, 0.05) is 73.4 Å². The Kier molecular flexibility index (Phi) is 79.0. The van der Waals surface area contributed by atoms with E-state index < -0.39 is 35.9 Å². The van der Waals surface area contributed by atoms with Crippen molar-refractivity contribution in [2.45, 2.75) is 411 Å². The number of carbonyl (C=O) groups excluding carboxylic acids is 10. The number of ether oxygens (including phenoxy) is 1. The Labute approximate surface area is 829 Å². The lowest BCUT2D eigenvalue weighted by Gasteiger charge is -2.30. The second kappa shape index (κ2) is 79.5. The minimum atomic E-state index is -0.849. The molecule has 0 saturated heterocycles. The monoisotopic (exact) mass is 1950 g/mol. The molecule has 0 aromatic heterocycles. The second-order valence-electron chi connectivity index (χ2n) is 39.7. The van der Waals surface area contributed by atoms with Crippen LogP contribution in [0, 0.1) is 23.2 Å². The number of aliphatic hydroxyl groups is 1. The average Bonchev–Trinajstić information content (AvgIpc) is 0.834. The summed E-state index contributed by atoms with van der Waals surface area (Å²) in [6, 6.07) is 33.9. The van der Waals surface area contributed by atoms with E-state index in [-0.39, 0.29) is 162 Å². The number of nitrogens with two attached hydrogens (primary N) is 11. The highest BCUT2D eigenvalue weighted by Crippen LogP contribution is 2.28. The lowest BCUT2D eigenvalue weighted by molar-refractivity contribution is -0.137. The van der Waals surface area contributed by atoms with Crippen molar-refractivity contribution < 1.29 is 67.7 Å². The summed E-state index contributed by atoms with van der Waals surface area (Å²) in [6.07, 6.45) is 12.8. The molecule has 1 fully saturated rings. The molecule has 10 atom stereocenters. The van der Waals surface area contributed by atoms with Crippen LogP contribution in [0.25, 0.3) is 10.8 Å². The van der Waals surface area contributed by atoms with Crippen molar-refractivity contribution >= 4 is 75.8 Å². The molecule has 0 unspecified atom stereocenters. The molecule has 34 N–H and O–H groups in total. The lowest BCUT2D eigenvalue weighted by Crippen LogP contribution is -2.52. The molecule has 35 nitrogen and oxygen atoms in total. The minimum absolute atomic E-state index is 0.0205. The summed E-state index contributed by atoms with van der Waals surface area (Å²) >= 11 is 0. The predicted octanol–water partition coefficient (Wildman–Crippen LogP) is 7.33. The summed E-state index contributed by atoms with van der Waals surface area (Å²) in [6.45, 7) is 55.1. The highest BCUT2D eigenvalue weighted by molar-refractivity contribution is 5.86. The predicted molar refractivity (Wildman–Crippen MR) is 563 cm³/mol.